The molecule has 2 aromatic rings. The number of methoxy groups -OCH3 is 1. The molecule has 2 atom stereocenters. The van der Waals surface area contributed by atoms with Crippen LogP contribution in [0.4, 0.5) is 5.69 Å². The zero-order valence-electron chi connectivity index (χ0n) is 15.5. The molecule has 1 saturated carbocycles. The van der Waals surface area contributed by atoms with Crippen molar-refractivity contribution < 1.29 is 14.3 Å². The van der Waals surface area contributed by atoms with Crippen LogP contribution in [0.1, 0.15) is 17.5 Å². The van der Waals surface area contributed by atoms with E-state index in [0.29, 0.717) is 13.0 Å². The van der Waals surface area contributed by atoms with Crippen LogP contribution in [-0.4, -0.2) is 32.0 Å². The first kappa shape index (κ1) is 17.6. The maximum absolute atomic E-state index is 12.8. The molecular formula is C22H24N2O3. The Morgan fingerprint density at radius 3 is 2.67 bits per heavy atom. The fourth-order valence-electron chi connectivity index (χ4n) is 3.78. The Kier molecular flexibility index (Phi) is 4.84. The third-order valence-electron chi connectivity index (χ3n) is 5.47. The monoisotopic (exact) mass is 364 g/mol. The summed E-state index contributed by atoms with van der Waals surface area (Å²) in [5, 5.41) is 2.98. The van der Waals surface area contributed by atoms with E-state index in [2.05, 4.69) is 11.4 Å². The van der Waals surface area contributed by atoms with Crippen LogP contribution < -0.4 is 15.0 Å². The lowest BCUT2D eigenvalue weighted by Gasteiger charge is -2.17. The number of amides is 2. The van der Waals surface area contributed by atoms with Crippen LogP contribution in [0.2, 0.25) is 0 Å². The van der Waals surface area contributed by atoms with E-state index < -0.39 is 0 Å². The molecule has 2 amide bonds. The Morgan fingerprint density at radius 2 is 1.89 bits per heavy atom. The van der Waals surface area contributed by atoms with Gasteiger partial charge in [0, 0.05) is 18.8 Å². The SMILES string of the molecule is COc1ccc(CCNC(=O)C2CC2C(=O)N2CCc3ccccc32)cc1. The van der Waals surface area contributed by atoms with Crippen LogP contribution in [0.5, 0.6) is 5.75 Å². The second kappa shape index (κ2) is 7.43. The quantitative estimate of drug-likeness (QED) is 0.857. The Balaban J connectivity index is 1.26. The van der Waals surface area contributed by atoms with E-state index >= 15 is 0 Å². The van der Waals surface area contributed by atoms with Crippen molar-refractivity contribution in [1.82, 2.24) is 5.32 Å². The fraction of sp³-hybridized carbons (Fsp3) is 0.364. The molecule has 1 aliphatic carbocycles. The molecule has 1 heterocycles. The van der Waals surface area contributed by atoms with Crippen LogP contribution in [0.15, 0.2) is 48.5 Å². The first-order valence-corrected chi connectivity index (χ1v) is 9.47. The van der Waals surface area contributed by atoms with Crippen LogP contribution in [0.25, 0.3) is 0 Å². The van der Waals surface area contributed by atoms with Gasteiger partial charge in [0.2, 0.25) is 11.8 Å². The molecule has 1 fully saturated rings. The molecule has 0 spiro atoms. The third-order valence-corrected chi connectivity index (χ3v) is 5.47. The van der Waals surface area contributed by atoms with Gasteiger partial charge in [-0.1, -0.05) is 30.3 Å². The average molecular weight is 364 g/mol. The maximum atomic E-state index is 12.8. The van der Waals surface area contributed by atoms with Crippen molar-refractivity contribution in [2.45, 2.75) is 19.3 Å². The number of rotatable bonds is 6. The molecule has 4 rings (SSSR count). The van der Waals surface area contributed by atoms with Gasteiger partial charge in [0.15, 0.2) is 0 Å². The van der Waals surface area contributed by atoms with E-state index in [-0.39, 0.29) is 23.7 Å². The summed E-state index contributed by atoms with van der Waals surface area (Å²) in [5.74, 6) is 0.563. The topological polar surface area (TPSA) is 58.6 Å². The van der Waals surface area contributed by atoms with Crippen molar-refractivity contribution in [2.75, 3.05) is 25.1 Å². The van der Waals surface area contributed by atoms with Crippen LogP contribution in [0, 0.1) is 11.8 Å². The number of para-hydroxylation sites is 1. The van der Waals surface area contributed by atoms with Gasteiger partial charge in [-0.3, -0.25) is 9.59 Å². The highest BCUT2D eigenvalue weighted by Crippen LogP contribution is 2.42. The highest BCUT2D eigenvalue weighted by molar-refractivity contribution is 6.02. The molecule has 2 aromatic carbocycles. The second-order valence-electron chi connectivity index (χ2n) is 7.21. The lowest BCUT2D eigenvalue weighted by atomic mass is 10.1. The van der Waals surface area contributed by atoms with Crippen molar-refractivity contribution in [1.29, 1.82) is 0 Å². The summed E-state index contributed by atoms with van der Waals surface area (Å²) in [6, 6.07) is 15.9. The number of carbonyl (C=O) groups excluding carboxylic acids is 2. The number of fused-ring (bicyclic) bond motifs is 1. The van der Waals surface area contributed by atoms with Gasteiger partial charge in [0.25, 0.3) is 0 Å². The molecule has 1 aliphatic heterocycles. The zero-order chi connectivity index (χ0) is 18.8. The molecule has 1 N–H and O–H groups in total. The van der Waals surface area contributed by atoms with Crippen molar-refractivity contribution in [3.05, 3.63) is 59.7 Å². The summed E-state index contributed by atoms with van der Waals surface area (Å²) in [4.78, 5) is 27.0. The molecule has 0 aromatic heterocycles. The zero-order valence-corrected chi connectivity index (χ0v) is 15.5. The Bertz CT molecular complexity index is 847. The van der Waals surface area contributed by atoms with Crippen molar-refractivity contribution in [3.8, 4) is 5.75 Å². The van der Waals surface area contributed by atoms with E-state index in [1.807, 2.05) is 47.4 Å². The molecule has 5 heteroatoms. The molecule has 27 heavy (non-hydrogen) atoms. The number of benzene rings is 2. The highest BCUT2D eigenvalue weighted by atomic mass is 16.5. The highest BCUT2D eigenvalue weighted by Gasteiger charge is 2.50. The molecule has 2 aliphatic rings. The predicted octanol–water partition coefficient (Wildman–Crippen LogP) is 2.58. The Labute approximate surface area is 159 Å². The smallest absolute Gasteiger partial charge is 0.230 e. The summed E-state index contributed by atoms with van der Waals surface area (Å²) in [5.41, 5.74) is 3.37. The first-order chi connectivity index (χ1) is 13.2. The van der Waals surface area contributed by atoms with E-state index in [1.165, 1.54) is 5.56 Å². The molecule has 0 radical (unpaired) electrons. The van der Waals surface area contributed by atoms with Crippen LogP contribution in [0.3, 0.4) is 0 Å². The molecule has 5 nitrogen and oxygen atoms in total. The average Bonchev–Trinajstić information content (AvgIpc) is 3.40. The first-order valence-electron chi connectivity index (χ1n) is 9.47. The lowest BCUT2D eigenvalue weighted by Crippen LogP contribution is -2.33. The summed E-state index contributed by atoms with van der Waals surface area (Å²) >= 11 is 0. The summed E-state index contributed by atoms with van der Waals surface area (Å²) in [7, 11) is 1.64. The summed E-state index contributed by atoms with van der Waals surface area (Å²) in [6.07, 6.45) is 2.32. The van der Waals surface area contributed by atoms with Gasteiger partial charge in [0.05, 0.1) is 18.9 Å². The van der Waals surface area contributed by atoms with Crippen LogP contribution >= 0.6 is 0 Å². The van der Waals surface area contributed by atoms with Crippen molar-refractivity contribution in [2.24, 2.45) is 11.8 Å². The Hall–Kier alpha value is -2.82. The predicted molar refractivity (Wildman–Crippen MR) is 104 cm³/mol. The van der Waals surface area contributed by atoms with E-state index in [1.54, 1.807) is 7.11 Å². The summed E-state index contributed by atoms with van der Waals surface area (Å²) in [6.45, 7) is 1.30. The van der Waals surface area contributed by atoms with Gasteiger partial charge in [-0.15, -0.1) is 0 Å². The third kappa shape index (κ3) is 3.68. The fourth-order valence-corrected chi connectivity index (χ4v) is 3.78. The molecular weight excluding hydrogens is 340 g/mol. The second-order valence-corrected chi connectivity index (χ2v) is 7.21. The number of ether oxygens (including phenoxy) is 1. The van der Waals surface area contributed by atoms with Gasteiger partial charge in [-0.25, -0.2) is 0 Å². The van der Waals surface area contributed by atoms with Gasteiger partial charge >= 0.3 is 0 Å². The number of hydrogen-bond acceptors (Lipinski definition) is 3. The number of anilines is 1. The van der Waals surface area contributed by atoms with Gasteiger partial charge < -0.3 is 15.0 Å². The number of nitrogens with one attached hydrogen (secondary N) is 1. The minimum Gasteiger partial charge on any atom is -0.497 e. The Morgan fingerprint density at radius 1 is 1.11 bits per heavy atom. The molecule has 2 unspecified atom stereocenters. The molecule has 140 valence electrons. The van der Waals surface area contributed by atoms with E-state index in [4.69, 9.17) is 4.74 Å². The minimum atomic E-state index is -0.180. The standard InChI is InChI=1S/C22H24N2O3/c1-27-17-8-6-15(7-9-17)10-12-23-21(25)18-14-19(18)22(26)24-13-11-16-4-2-3-5-20(16)24/h2-9,18-19H,10-14H2,1H3,(H,23,25). The van der Waals surface area contributed by atoms with Crippen molar-refractivity contribution in [3.63, 3.8) is 0 Å². The van der Waals surface area contributed by atoms with Crippen LogP contribution in [-0.2, 0) is 22.4 Å². The van der Waals surface area contributed by atoms with E-state index in [9.17, 15) is 9.59 Å². The van der Waals surface area contributed by atoms with Gasteiger partial charge in [0.1, 0.15) is 5.75 Å². The number of hydrogen-bond donors (Lipinski definition) is 1. The summed E-state index contributed by atoms with van der Waals surface area (Å²) < 4.78 is 5.14. The van der Waals surface area contributed by atoms with E-state index in [0.717, 1.165) is 36.4 Å². The maximum Gasteiger partial charge on any atom is 0.230 e. The lowest BCUT2D eigenvalue weighted by molar-refractivity contribution is -0.126. The molecule has 0 bridgehead atoms. The largest absolute Gasteiger partial charge is 0.497 e. The minimum absolute atomic E-state index is 0.00524. The van der Waals surface area contributed by atoms with Gasteiger partial charge in [-0.2, -0.15) is 0 Å². The van der Waals surface area contributed by atoms with Crippen molar-refractivity contribution >= 4 is 17.5 Å². The normalized spacial score (nSPS) is 20.1. The van der Waals surface area contributed by atoms with Gasteiger partial charge in [-0.05, 0) is 48.6 Å². The number of nitrogens with zero attached hydrogens (tertiary/aromatic N) is 1. The molecule has 0 saturated heterocycles. The number of carbonyl (C=O) groups is 2.